The number of hydrogen-bond donors (Lipinski definition) is 1. The summed E-state index contributed by atoms with van der Waals surface area (Å²) in [6.07, 6.45) is 0.527. The summed E-state index contributed by atoms with van der Waals surface area (Å²) >= 11 is 0. The molecular formula is C11H22BNO2. The maximum absolute atomic E-state index is 11.7. The highest BCUT2D eigenvalue weighted by Crippen LogP contribution is 2.50. The first-order valence-electron chi connectivity index (χ1n) is 5.14. The first kappa shape index (κ1) is 14.5. The van der Waals surface area contributed by atoms with Crippen molar-refractivity contribution in [1.82, 2.24) is 0 Å². The molecule has 0 bridgehead atoms. The molecule has 0 amide bonds. The van der Waals surface area contributed by atoms with Crippen LogP contribution in [0.15, 0.2) is 0 Å². The molecule has 0 aliphatic carbocycles. The zero-order chi connectivity index (χ0) is 12.5. The number of nitrogens with two attached hydrogens (primary N) is 1. The lowest BCUT2D eigenvalue weighted by atomic mass is 9.49. The van der Waals surface area contributed by atoms with E-state index in [1.165, 1.54) is 0 Å². The second-order valence-corrected chi connectivity index (χ2v) is 6.36. The van der Waals surface area contributed by atoms with Gasteiger partial charge in [-0.05, 0) is 17.3 Å². The molecule has 2 N–H and O–H groups in total. The van der Waals surface area contributed by atoms with E-state index >= 15 is 0 Å². The van der Waals surface area contributed by atoms with E-state index in [0.29, 0.717) is 6.42 Å². The fourth-order valence-electron chi connectivity index (χ4n) is 1.59. The van der Waals surface area contributed by atoms with Crippen molar-refractivity contribution in [3.63, 3.8) is 0 Å². The second-order valence-electron chi connectivity index (χ2n) is 6.36. The Balaban J connectivity index is 5.14. The van der Waals surface area contributed by atoms with Gasteiger partial charge in [-0.3, -0.25) is 4.79 Å². The van der Waals surface area contributed by atoms with Crippen molar-refractivity contribution in [3.8, 4) is 0 Å². The average molecular weight is 211 g/mol. The summed E-state index contributed by atoms with van der Waals surface area (Å²) in [6, 6.07) is 0. The fourth-order valence-corrected chi connectivity index (χ4v) is 1.59. The molecule has 0 aromatic rings. The summed E-state index contributed by atoms with van der Waals surface area (Å²) in [5, 5.41) is -1.06. The summed E-state index contributed by atoms with van der Waals surface area (Å²) in [5.41, 5.74) is -0.451. The largest absolute Gasteiger partial charge is 0.374 e. The topological polar surface area (TPSA) is 52.3 Å². The van der Waals surface area contributed by atoms with E-state index in [9.17, 15) is 4.79 Å². The van der Waals surface area contributed by atoms with Crippen LogP contribution in [0.5, 0.6) is 0 Å². The van der Waals surface area contributed by atoms with E-state index in [1.807, 2.05) is 41.5 Å². The molecule has 0 aromatic carbocycles. The van der Waals surface area contributed by atoms with Crippen LogP contribution in [0.2, 0.25) is 5.31 Å². The van der Waals surface area contributed by atoms with Crippen molar-refractivity contribution in [2.45, 2.75) is 53.3 Å². The average Bonchev–Trinajstić information content (AvgIpc) is 1.97. The van der Waals surface area contributed by atoms with Crippen LogP contribution in [-0.2, 0) is 9.63 Å². The minimum Gasteiger partial charge on any atom is -0.374 e. The zero-order valence-electron chi connectivity index (χ0n) is 10.7. The molecule has 0 spiro atoms. The quantitative estimate of drug-likeness (QED) is 0.562. The van der Waals surface area contributed by atoms with Crippen LogP contribution in [0.1, 0.15) is 48.0 Å². The SMILES string of the molecule is [B]C(CC(C)(C)C)(C(=O)ON)C(C)(C)C. The van der Waals surface area contributed by atoms with Crippen molar-refractivity contribution >= 4 is 13.8 Å². The fraction of sp³-hybridized carbons (Fsp3) is 0.909. The van der Waals surface area contributed by atoms with E-state index in [0.717, 1.165) is 0 Å². The predicted octanol–water partition coefficient (Wildman–Crippen LogP) is 2.21. The molecule has 3 nitrogen and oxygen atoms in total. The highest BCUT2D eigenvalue weighted by molar-refractivity contribution is 6.27. The van der Waals surface area contributed by atoms with Crippen LogP contribution in [0.3, 0.4) is 0 Å². The van der Waals surface area contributed by atoms with E-state index in [2.05, 4.69) is 4.84 Å². The minimum atomic E-state index is -1.06. The van der Waals surface area contributed by atoms with Gasteiger partial charge in [-0.15, -0.1) is 0 Å². The van der Waals surface area contributed by atoms with Gasteiger partial charge in [0, 0.05) is 5.31 Å². The molecule has 0 aromatic heterocycles. The molecule has 1 atom stereocenters. The molecule has 2 radical (unpaired) electrons. The molecule has 1 unspecified atom stereocenters. The Morgan fingerprint density at radius 2 is 1.60 bits per heavy atom. The first-order valence-corrected chi connectivity index (χ1v) is 5.14. The van der Waals surface area contributed by atoms with Gasteiger partial charge in [0.1, 0.15) is 0 Å². The van der Waals surface area contributed by atoms with Gasteiger partial charge in [0.2, 0.25) is 0 Å². The van der Waals surface area contributed by atoms with Crippen LogP contribution < -0.4 is 5.90 Å². The molecule has 0 heterocycles. The van der Waals surface area contributed by atoms with Gasteiger partial charge in [-0.1, -0.05) is 41.5 Å². The molecule has 0 aliphatic rings. The second kappa shape index (κ2) is 4.16. The summed E-state index contributed by atoms with van der Waals surface area (Å²) in [5.74, 6) is 4.39. The lowest BCUT2D eigenvalue weighted by molar-refractivity contribution is -0.152. The molecule has 0 aliphatic heterocycles. The number of rotatable bonds is 2. The van der Waals surface area contributed by atoms with Gasteiger partial charge in [0.05, 0.1) is 7.85 Å². The molecule has 86 valence electrons. The van der Waals surface area contributed by atoms with E-state index < -0.39 is 16.7 Å². The summed E-state index contributed by atoms with van der Waals surface area (Å²) in [6.45, 7) is 11.8. The number of carbonyl (C=O) groups excluding carboxylic acids is 1. The summed E-state index contributed by atoms with van der Waals surface area (Å²) < 4.78 is 0. The molecular weight excluding hydrogens is 189 g/mol. The third kappa shape index (κ3) is 3.52. The third-order valence-corrected chi connectivity index (χ3v) is 2.62. The lowest BCUT2D eigenvalue weighted by Gasteiger charge is -2.43. The van der Waals surface area contributed by atoms with E-state index in [1.54, 1.807) is 0 Å². The maximum atomic E-state index is 11.7. The highest BCUT2D eigenvalue weighted by Gasteiger charge is 2.46. The third-order valence-electron chi connectivity index (χ3n) is 2.62. The molecule has 15 heavy (non-hydrogen) atoms. The van der Waals surface area contributed by atoms with Crippen molar-refractivity contribution in [1.29, 1.82) is 0 Å². The van der Waals surface area contributed by atoms with Gasteiger partial charge in [0.25, 0.3) is 0 Å². The number of hydrogen-bond acceptors (Lipinski definition) is 3. The standard InChI is InChI=1S/C11H22BNO2/c1-9(2,3)7-11(12,8(14)15-13)10(4,5)6/h7,13H2,1-6H3. The Morgan fingerprint density at radius 1 is 1.20 bits per heavy atom. The van der Waals surface area contributed by atoms with Gasteiger partial charge >= 0.3 is 5.97 Å². The Kier molecular flexibility index (Phi) is 4.02. The van der Waals surface area contributed by atoms with Crippen molar-refractivity contribution in [2.24, 2.45) is 16.7 Å². The summed E-state index contributed by atoms with van der Waals surface area (Å²) in [7, 11) is 6.16. The molecule has 0 rings (SSSR count). The molecule has 0 fully saturated rings. The Bertz CT molecular complexity index is 240. The lowest BCUT2D eigenvalue weighted by Crippen LogP contribution is -2.41. The number of carbonyl (C=O) groups is 1. The molecule has 0 saturated carbocycles. The normalized spacial score (nSPS) is 17.0. The van der Waals surface area contributed by atoms with Crippen LogP contribution >= 0.6 is 0 Å². The van der Waals surface area contributed by atoms with Crippen LogP contribution in [0, 0.1) is 10.8 Å². The summed E-state index contributed by atoms with van der Waals surface area (Å²) in [4.78, 5) is 16.0. The minimum absolute atomic E-state index is 0.0593. The predicted molar refractivity (Wildman–Crippen MR) is 62.3 cm³/mol. The monoisotopic (exact) mass is 211 g/mol. The van der Waals surface area contributed by atoms with E-state index in [-0.39, 0.29) is 5.41 Å². The van der Waals surface area contributed by atoms with Crippen LogP contribution in [0.4, 0.5) is 0 Å². The Morgan fingerprint density at radius 3 is 1.80 bits per heavy atom. The van der Waals surface area contributed by atoms with Gasteiger partial charge in [0.15, 0.2) is 0 Å². The molecule has 4 heteroatoms. The smallest absolute Gasteiger partial charge is 0.322 e. The first-order chi connectivity index (χ1) is 6.44. The van der Waals surface area contributed by atoms with Crippen LogP contribution in [0.25, 0.3) is 0 Å². The van der Waals surface area contributed by atoms with Crippen molar-refractivity contribution in [2.75, 3.05) is 0 Å². The van der Waals surface area contributed by atoms with Gasteiger partial charge < -0.3 is 4.84 Å². The molecule has 0 saturated heterocycles. The van der Waals surface area contributed by atoms with Crippen molar-refractivity contribution in [3.05, 3.63) is 0 Å². The van der Waals surface area contributed by atoms with E-state index in [4.69, 9.17) is 13.7 Å². The van der Waals surface area contributed by atoms with Gasteiger partial charge in [-0.25, -0.2) is 0 Å². The van der Waals surface area contributed by atoms with Gasteiger partial charge in [-0.2, -0.15) is 5.90 Å². The maximum Gasteiger partial charge on any atom is 0.322 e. The Hall–Kier alpha value is -0.505. The highest BCUT2D eigenvalue weighted by atomic mass is 16.7. The Labute approximate surface area is 94.1 Å². The zero-order valence-corrected chi connectivity index (χ0v) is 10.7. The van der Waals surface area contributed by atoms with Crippen molar-refractivity contribution < 1.29 is 9.63 Å². The van der Waals surface area contributed by atoms with Crippen LogP contribution in [-0.4, -0.2) is 13.8 Å².